The number of nitrogens with one attached hydrogen (secondary N) is 2. The van der Waals surface area contributed by atoms with Gasteiger partial charge < -0.3 is 19.9 Å². The lowest BCUT2D eigenvalue weighted by atomic mass is 9.99. The average Bonchev–Trinajstić information content (AvgIpc) is 3.06. The van der Waals surface area contributed by atoms with Crippen molar-refractivity contribution in [2.24, 2.45) is 0 Å². The summed E-state index contributed by atoms with van der Waals surface area (Å²) in [5, 5.41) is 3.12. The molecule has 2 aliphatic heterocycles. The number of carbonyl (C=O) groups is 1. The van der Waals surface area contributed by atoms with Crippen LogP contribution < -0.4 is 20.5 Å². The van der Waals surface area contributed by atoms with Gasteiger partial charge in [0.15, 0.2) is 5.82 Å². The lowest BCUT2D eigenvalue weighted by Gasteiger charge is -2.33. The molecular weight excluding hydrogens is 320 g/mol. The zero-order valence-electron chi connectivity index (χ0n) is 13.8. The Labute approximate surface area is 145 Å². The molecule has 0 saturated carbocycles. The van der Waals surface area contributed by atoms with E-state index in [1.807, 2.05) is 29.2 Å². The van der Waals surface area contributed by atoms with E-state index in [0.717, 1.165) is 30.7 Å². The van der Waals surface area contributed by atoms with Crippen LogP contribution in [0.1, 0.15) is 24.3 Å². The fourth-order valence-electron chi connectivity index (χ4n) is 3.54. The number of piperidine rings is 1. The second-order valence-corrected chi connectivity index (χ2v) is 6.44. The summed E-state index contributed by atoms with van der Waals surface area (Å²) < 4.78 is 5.60. The molecule has 2 aliphatic rings. The van der Waals surface area contributed by atoms with Gasteiger partial charge >= 0.3 is 0 Å². The Morgan fingerprint density at radius 3 is 3.12 bits per heavy atom. The second-order valence-electron chi connectivity index (χ2n) is 6.44. The summed E-state index contributed by atoms with van der Waals surface area (Å²) in [5.74, 6) is 0.903. The predicted octanol–water partition coefficient (Wildman–Crippen LogP) is 1.03. The largest absolute Gasteiger partial charge is 0.492 e. The highest BCUT2D eigenvalue weighted by Crippen LogP contribution is 2.33. The number of hydrogen-bond acceptors (Lipinski definition) is 5. The quantitative estimate of drug-likeness (QED) is 0.871. The van der Waals surface area contributed by atoms with Gasteiger partial charge in [-0.15, -0.1) is 0 Å². The zero-order valence-corrected chi connectivity index (χ0v) is 13.8. The molecule has 1 amide bonds. The highest BCUT2D eigenvalue weighted by Gasteiger charge is 2.32. The lowest BCUT2D eigenvalue weighted by molar-refractivity contribution is -0.123. The van der Waals surface area contributed by atoms with Crippen molar-refractivity contribution in [3.05, 3.63) is 52.6 Å². The Balaban J connectivity index is 1.44. The van der Waals surface area contributed by atoms with Crippen LogP contribution in [0.2, 0.25) is 0 Å². The average molecular weight is 340 g/mol. The molecule has 7 heteroatoms. The van der Waals surface area contributed by atoms with Crippen molar-refractivity contribution in [2.45, 2.75) is 24.8 Å². The molecule has 1 aromatic carbocycles. The van der Waals surface area contributed by atoms with Gasteiger partial charge in [0.05, 0.1) is 0 Å². The van der Waals surface area contributed by atoms with Gasteiger partial charge in [-0.25, -0.2) is 4.98 Å². The van der Waals surface area contributed by atoms with E-state index in [1.54, 1.807) is 6.20 Å². The van der Waals surface area contributed by atoms with Gasteiger partial charge in [-0.1, -0.05) is 18.2 Å². The number of rotatable bonds is 3. The van der Waals surface area contributed by atoms with E-state index in [-0.39, 0.29) is 23.4 Å². The number of fused-ring (bicyclic) bond motifs is 1. The number of ether oxygens (including phenoxy) is 1. The van der Waals surface area contributed by atoms with E-state index < -0.39 is 0 Å². The Bertz CT molecular complexity index is 835. The van der Waals surface area contributed by atoms with Gasteiger partial charge in [0.25, 0.3) is 5.56 Å². The molecule has 2 aromatic rings. The molecule has 1 aromatic heterocycles. The lowest BCUT2D eigenvalue weighted by Crippen LogP contribution is -2.50. The number of H-pyrrole nitrogens is 1. The van der Waals surface area contributed by atoms with Crippen LogP contribution in [0, 0.1) is 0 Å². The Kier molecular flexibility index (Phi) is 4.13. The molecule has 1 fully saturated rings. The zero-order chi connectivity index (χ0) is 17.2. The molecule has 7 nitrogen and oxygen atoms in total. The van der Waals surface area contributed by atoms with Gasteiger partial charge in [-0.2, -0.15) is 0 Å². The third kappa shape index (κ3) is 3.09. The third-order valence-corrected chi connectivity index (χ3v) is 4.77. The summed E-state index contributed by atoms with van der Waals surface area (Å²) in [6, 6.07) is 7.65. The summed E-state index contributed by atoms with van der Waals surface area (Å²) >= 11 is 0. The Hall–Kier alpha value is -2.83. The minimum atomic E-state index is -0.273. The molecule has 1 saturated heterocycles. The number of nitrogens with zero attached hydrogens (tertiary/aromatic N) is 2. The predicted molar refractivity (Wildman–Crippen MR) is 92.9 cm³/mol. The summed E-state index contributed by atoms with van der Waals surface area (Å²) in [6.07, 6.45) is 4.89. The third-order valence-electron chi connectivity index (χ3n) is 4.77. The number of benzene rings is 1. The highest BCUT2D eigenvalue weighted by atomic mass is 16.5. The molecule has 25 heavy (non-hydrogen) atoms. The first-order valence-corrected chi connectivity index (χ1v) is 8.53. The van der Waals surface area contributed by atoms with Gasteiger partial charge in [0.2, 0.25) is 5.91 Å². The van der Waals surface area contributed by atoms with Crippen LogP contribution in [0.5, 0.6) is 5.75 Å². The molecule has 4 rings (SSSR count). The molecule has 0 bridgehead atoms. The topological polar surface area (TPSA) is 87.3 Å². The minimum Gasteiger partial charge on any atom is -0.492 e. The molecule has 3 heterocycles. The van der Waals surface area contributed by atoms with Gasteiger partial charge in [-0.05, 0) is 18.9 Å². The van der Waals surface area contributed by atoms with Crippen molar-refractivity contribution in [3.63, 3.8) is 0 Å². The maximum Gasteiger partial charge on any atom is 0.290 e. The Morgan fingerprint density at radius 1 is 1.36 bits per heavy atom. The van der Waals surface area contributed by atoms with Crippen molar-refractivity contribution in [1.82, 2.24) is 15.3 Å². The molecule has 2 N–H and O–H groups in total. The molecule has 130 valence electrons. The van der Waals surface area contributed by atoms with Crippen LogP contribution in [-0.4, -0.2) is 41.6 Å². The normalized spacial score (nSPS) is 22.2. The van der Waals surface area contributed by atoms with Crippen LogP contribution >= 0.6 is 0 Å². The van der Waals surface area contributed by atoms with Crippen LogP contribution in [0.3, 0.4) is 0 Å². The molecular formula is C18H20N4O3. The summed E-state index contributed by atoms with van der Waals surface area (Å²) in [5.41, 5.74) is 0.737. The molecule has 2 atom stereocenters. The van der Waals surface area contributed by atoms with Crippen LogP contribution in [0.15, 0.2) is 41.5 Å². The van der Waals surface area contributed by atoms with Gasteiger partial charge in [0, 0.05) is 37.1 Å². The van der Waals surface area contributed by atoms with E-state index in [1.165, 1.54) is 6.20 Å². The van der Waals surface area contributed by atoms with E-state index in [2.05, 4.69) is 15.3 Å². The number of aromatic amines is 1. The number of hydrogen-bond donors (Lipinski definition) is 2. The first-order chi connectivity index (χ1) is 12.2. The number of carbonyl (C=O) groups excluding carboxylic acids is 1. The second kappa shape index (κ2) is 6.58. The fraction of sp³-hybridized carbons (Fsp3) is 0.389. The van der Waals surface area contributed by atoms with Crippen LogP contribution in [-0.2, 0) is 4.79 Å². The smallest absolute Gasteiger partial charge is 0.290 e. The monoisotopic (exact) mass is 340 g/mol. The number of aromatic nitrogens is 2. The number of amides is 1. The Morgan fingerprint density at radius 2 is 2.24 bits per heavy atom. The van der Waals surface area contributed by atoms with E-state index in [9.17, 15) is 9.59 Å². The van der Waals surface area contributed by atoms with Crippen molar-refractivity contribution in [3.8, 4) is 5.75 Å². The van der Waals surface area contributed by atoms with Crippen LogP contribution in [0.25, 0.3) is 0 Å². The SMILES string of the molecule is O=C(N[C@@H]1CCCN(c2ncc[nH]c2=O)C1)[C@@H]1COc2ccccc21. The highest BCUT2D eigenvalue weighted by molar-refractivity contribution is 5.85. The van der Waals surface area contributed by atoms with Gasteiger partial charge in [-0.3, -0.25) is 9.59 Å². The first-order valence-electron chi connectivity index (χ1n) is 8.53. The van der Waals surface area contributed by atoms with E-state index in [4.69, 9.17) is 4.74 Å². The van der Waals surface area contributed by atoms with Crippen molar-refractivity contribution < 1.29 is 9.53 Å². The molecule has 0 unspecified atom stereocenters. The number of anilines is 1. The molecule has 0 spiro atoms. The van der Waals surface area contributed by atoms with Crippen molar-refractivity contribution in [1.29, 1.82) is 0 Å². The minimum absolute atomic E-state index is 0.00424. The summed E-state index contributed by atoms with van der Waals surface area (Å²) in [7, 11) is 0. The summed E-state index contributed by atoms with van der Waals surface area (Å²) in [6.45, 7) is 1.73. The fourth-order valence-corrected chi connectivity index (χ4v) is 3.54. The molecule has 0 radical (unpaired) electrons. The standard InChI is InChI=1S/C18H20N4O3/c23-17(14-11-25-15-6-2-1-5-13(14)15)21-12-4-3-9-22(10-12)16-18(24)20-8-7-19-16/h1-2,5-8,12,14H,3-4,9-11H2,(H,20,24)(H,21,23)/t12-,14-/m1/s1. The maximum absolute atomic E-state index is 12.7. The maximum atomic E-state index is 12.7. The summed E-state index contributed by atoms with van der Waals surface area (Å²) in [4.78, 5) is 33.4. The van der Waals surface area contributed by atoms with Crippen molar-refractivity contribution in [2.75, 3.05) is 24.6 Å². The number of para-hydroxylation sites is 1. The van der Waals surface area contributed by atoms with Crippen molar-refractivity contribution >= 4 is 11.7 Å². The van der Waals surface area contributed by atoms with Gasteiger partial charge in [0.1, 0.15) is 18.3 Å². The van der Waals surface area contributed by atoms with E-state index in [0.29, 0.717) is 19.0 Å². The van der Waals surface area contributed by atoms with Crippen LogP contribution in [0.4, 0.5) is 5.82 Å². The van der Waals surface area contributed by atoms with E-state index >= 15 is 0 Å². The molecule has 0 aliphatic carbocycles. The first kappa shape index (κ1) is 15.7.